The standard InChI is InChI=1S/C10H11NO2S.C9H10N2O2.2CH4.H3N.H2O/c1-14-9(11)6-7-3-2-4-8(5-7)10(12)13;10-8(11)5-6-2-1-3-7(4-6)9(12)13;;;;/h2-5,11H,6H2,1H3,(H,12,13);1-4H,5H2,(H3,10,11)(H,12,13);2*1H4;1H3;1H2. The van der Waals surface area contributed by atoms with Gasteiger partial charge >= 0.3 is 11.9 Å². The van der Waals surface area contributed by atoms with Gasteiger partial charge in [-0.05, 0) is 41.6 Å². The maximum absolute atomic E-state index is 10.6. The second kappa shape index (κ2) is 17.6. The van der Waals surface area contributed by atoms with Crippen LogP contribution in [0.15, 0.2) is 48.5 Å². The van der Waals surface area contributed by atoms with Crippen molar-refractivity contribution in [2.75, 3.05) is 6.26 Å². The number of carbonyl (C=O) groups is 2. The number of hydrogen-bond donors (Lipinski definition) is 6. The minimum absolute atomic E-state index is 0. The second-order valence-corrected chi connectivity index (χ2v) is 6.42. The highest BCUT2D eigenvalue weighted by Crippen LogP contribution is 2.09. The number of carboxylic acids is 2. The first-order valence-corrected chi connectivity index (χ1v) is 9.04. The first kappa shape index (κ1) is 35.2. The van der Waals surface area contributed by atoms with Crippen LogP contribution in [0.3, 0.4) is 0 Å². The van der Waals surface area contributed by atoms with Crippen LogP contribution >= 0.6 is 11.8 Å². The van der Waals surface area contributed by atoms with Gasteiger partial charge in [-0.1, -0.05) is 39.1 Å². The van der Waals surface area contributed by atoms with Gasteiger partial charge in [0, 0.05) is 12.8 Å². The first-order valence-electron chi connectivity index (χ1n) is 7.81. The molecule has 0 atom stereocenters. The van der Waals surface area contributed by atoms with Crippen LogP contribution in [0, 0.1) is 10.8 Å². The van der Waals surface area contributed by atoms with Crippen molar-refractivity contribution < 1.29 is 25.3 Å². The van der Waals surface area contributed by atoms with Crippen molar-refractivity contribution in [1.29, 1.82) is 10.8 Å². The molecule has 0 radical (unpaired) electrons. The Labute approximate surface area is 187 Å². The molecule has 0 heterocycles. The molecule has 11 N–H and O–H groups in total. The van der Waals surface area contributed by atoms with Gasteiger partial charge in [0.15, 0.2) is 0 Å². The van der Waals surface area contributed by atoms with Gasteiger partial charge in [0.25, 0.3) is 0 Å². The molecule has 2 rings (SSSR count). The Kier molecular flexibility index (Phi) is 20.0. The van der Waals surface area contributed by atoms with Gasteiger partial charge in [-0.25, -0.2) is 9.59 Å². The molecule has 10 heteroatoms. The van der Waals surface area contributed by atoms with E-state index in [2.05, 4.69) is 0 Å². The molecule has 9 nitrogen and oxygen atoms in total. The lowest BCUT2D eigenvalue weighted by molar-refractivity contribution is 0.0686. The zero-order valence-corrected chi connectivity index (χ0v) is 16.8. The molecule has 2 aromatic carbocycles. The van der Waals surface area contributed by atoms with E-state index in [1.807, 2.05) is 12.3 Å². The summed E-state index contributed by atoms with van der Waals surface area (Å²) in [5.41, 5.74) is 7.29. The lowest BCUT2D eigenvalue weighted by Crippen LogP contribution is -2.13. The van der Waals surface area contributed by atoms with E-state index in [-0.39, 0.29) is 43.4 Å². The molecule has 0 aliphatic carbocycles. The molecule has 0 saturated carbocycles. The lowest BCUT2D eigenvalue weighted by Gasteiger charge is -2.01. The van der Waals surface area contributed by atoms with Crippen molar-refractivity contribution in [1.82, 2.24) is 6.15 Å². The summed E-state index contributed by atoms with van der Waals surface area (Å²) in [6.45, 7) is 0. The molecule has 0 unspecified atom stereocenters. The number of hydrogen-bond acceptors (Lipinski definition) is 6. The number of amidine groups is 1. The van der Waals surface area contributed by atoms with Crippen LogP contribution in [0.2, 0.25) is 0 Å². The van der Waals surface area contributed by atoms with Crippen molar-refractivity contribution >= 4 is 34.6 Å². The third-order valence-corrected chi connectivity index (χ3v) is 3.99. The van der Waals surface area contributed by atoms with Crippen LogP contribution in [0.25, 0.3) is 0 Å². The molecule has 0 bridgehead atoms. The van der Waals surface area contributed by atoms with E-state index in [0.29, 0.717) is 17.9 Å². The van der Waals surface area contributed by atoms with Crippen molar-refractivity contribution in [2.45, 2.75) is 27.7 Å². The summed E-state index contributed by atoms with van der Waals surface area (Å²) in [7, 11) is 0. The van der Waals surface area contributed by atoms with Gasteiger partial charge in [-0.15, -0.1) is 11.8 Å². The Morgan fingerprint density at radius 2 is 1.29 bits per heavy atom. The average molecular weight is 455 g/mol. The van der Waals surface area contributed by atoms with Crippen LogP contribution in [0.5, 0.6) is 0 Å². The van der Waals surface area contributed by atoms with E-state index in [4.69, 9.17) is 26.8 Å². The fourth-order valence-corrected chi connectivity index (χ4v) is 2.42. The highest BCUT2D eigenvalue weighted by Gasteiger charge is 2.04. The van der Waals surface area contributed by atoms with Gasteiger partial charge in [0.05, 0.1) is 22.0 Å². The molecule has 0 spiro atoms. The maximum atomic E-state index is 10.6. The number of thioether (sulfide) groups is 1. The van der Waals surface area contributed by atoms with E-state index < -0.39 is 11.9 Å². The number of carboxylic acid groups (broad SMARTS) is 2. The smallest absolute Gasteiger partial charge is 0.335 e. The Morgan fingerprint density at radius 1 is 0.903 bits per heavy atom. The summed E-state index contributed by atoms with van der Waals surface area (Å²) in [4.78, 5) is 21.2. The topological polar surface area (TPSA) is 215 Å². The van der Waals surface area contributed by atoms with Crippen molar-refractivity contribution in [3.05, 3.63) is 70.8 Å². The summed E-state index contributed by atoms with van der Waals surface area (Å²) in [5.74, 6) is -1.87. The lowest BCUT2D eigenvalue weighted by atomic mass is 10.1. The second-order valence-electron chi connectivity index (χ2n) is 5.52. The number of benzene rings is 2. The number of rotatable bonds is 6. The predicted octanol–water partition coefficient (Wildman–Crippen LogP) is 3.74. The van der Waals surface area contributed by atoms with E-state index in [9.17, 15) is 9.59 Å². The van der Waals surface area contributed by atoms with Crippen molar-refractivity contribution in [3.63, 3.8) is 0 Å². The highest BCUT2D eigenvalue weighted by molar-refractivity contribution is 8.13. The van der Waals surface area contributed by atoms with Crippen LogP contribution < -0.4 is 11.9 Å². The monoisotopic (exact) mass is 454 g/mol. The fourth-order valence-electron chi connectivity index (χ4n) is 2.11. The van der Waals surface area contributed by atoms with Crippen molar-refractivity contribution in [3.8, 4) is 0 Å². The van der Waals surface area contributed by atoms with Crippen LogP contribution in [-0.4, -0.2) is 44.8 Å². The minimum atomic E-state index is -0.967. The van der Waals surface area contributed by atoms with E-state index in [1.54, 1.807) is 30.3 Å². The molecule has 0 aromatic heterocycles. The average Bonchev–Trinajstić information content (AvgIpc) is 2.62. The van der Waals surface area contributed by atoms with E-state index in [1.165, 1.54) is 23.9 Å². The SMILES string of the molecule is C.C.CSC(=N)Cc1cccc(C(=O)O)c1.N.N=C(N)Cc1cccc(C(=O)O)c1.O. The third-order valence-electron chi connectivity index (χ3n) is 3.35. The summed E-state index contributed by atoms with van der Waals surface area (Å²) in [6.07, 6.45) is 2.63. The number of nitrogens with one attached hydrogen (secondary N) is 2. The molecule has 31 heavy (non-hydrogen) atoms. The summed E-state index contributed by atoms with van der Waals surface area (Å²) >= 11 is 1.37. The highest BCUT2D eigenvalue weighted by atomic mass is 32.2. The van der Waals surface area contributed by atoms with Crippen LogP contribution in [0.1, 0.15) is 46.7 Å². The summed E-state index contributed by atoms with van der Waals surface area (Å²) in [6, 6.07) is 13.1. The predicted molar refractivity (Wildman–Crippen MR) is 129 cm³/mol. The molecule has 0 saturated heterocycles. The fraction of sp³-hybridized carbons (Fsp3) is 0.238. The Morgan fingerprint density at radius 3 is 1.61 bits per heavy atom. The molecule has 0 aliphatic heterocycles. The summed E-state index contributed by atoms with van der Waals surface area (Å²) < 4.78 is 0. The van der Waals surface area contributed by atoms with Gasteiger partial charge in [0.2, 0.25) is 0 Å². The molecule has 0 amide bonds. The number of nitrogens with two attached hydrogens (primary N) is 1. The molecule has 174 valence electrons. The molecular formula is C21H34N4O5S. The zero-order chi connectivity index (χ0) is 20.4. The maximum Gasteiger partial charge on any atom is 0.335 e. The zero-order valence-electron chi connectivity index (χ0n) is 15.9. The minimum Gasteiger partial charge on any atom is -0.478 e. The molecule has 0 fully saturated rings. The van der Waals surface area contributed by atoms with Gasteiger partial charge in [-0.3, -0.25) is 10.8 Å². The van der Waals surface area contributed by atoms with Gasteiger partial charge in [-0.2, -0.15) is 0 Å². The molecule has 0 aliphatic rings. The molecule has 2 aromatic rings. The van der Waals surface area contributed by atoms with Crippen LogP contribution in [0.4, 0.5) is 0 Å². The Hall–Kier alpha value is -3.21. The van der Waals surface area contributed by atoms with Crippen molar-refractivity contribution in [2.24, 2.45) is 5.73 Å². The van der Waals surface area contributed by atoms with Crippen LogP contribution in [-0.2, 0) is 12.8 Å². The normalized spacial score (nSPS) is 8.42. The molecular weight excluding hydrogens is 420 g/mol. The van der Waals surface area contributed by atoms with E-state index in [0.717, 1.165) is 11.1 Å². The van der Waals surface area contributed by atoms with Gasteiger partial charge < -0.3 is 27.6 Å². The largest absolute Gasteiger partial charge is 0.478 e. The Bertz CT molecular complexity index is 859. The third kappa shape index (κ3) is 13.6. The van der Waals surface area contributed by atoms with E-state index >= 15 is 0 Å². The summed E-state index contributed by atoms with van der Waals surface area (Å²) in [5, 5.41) is 32.4. The van der Waals surface area contributed by atoms with Gasteiger partial charge in [0.1, 0.15) is 0 Å². The first-order chi connectivity index (χ1) is 12.7. The quantitative estimate of drug-likeness (QED) is 0.280. The number of aromatic carboxylic acids is 2. The Balaban J connectivity index is -0.000000209.